The summed E-state index contributed by atoms with van der Waals surface area (Å²) in [4.78, 5) is 11.0. The molecule has 0 aliphatic heterocycles. The van der Waals surface area contributed by atoms with E-state index in [0.717, 1.165) is 12.1 Å². The predicted octanol–water partition coefficient (Wildman–Crippen LogP) is 4.62. The standard InChI is InChI=1S/C10H7Cl2F3O3.Cl2OS/c1-17-5-2-3-6(8(11)16)7(4-5)18-10(14,15)9(12)13;1-4(2)3/h2-4,9H,1H3;. The summed E-state index contributed by atoms with van der Waals surface area (Å²) in [7, 11) is 8.63. The van der Waals surface area contributed by atoms with Crippen molar-refractivity contribution in [1.29, 1.82) is 0 Å². The van der Waals surface area contributed by atoms with Gasteiger partial charge in [0.15, 0.2) is 0 Å². The maximum absolute atomic E-state index is 13.0. The summed E-state index contributed by atoms with van der Waals surface area (Å²) in [5.41, 5.74) is -3.42. The zero-order valence-electron chi connectivity index (χ0n) is 10.5. The number of hydrogen-bond donors (Lipinski definition) is 0. The molecule has 1 aromatic rings. The van der Waals surface area contributed by atoms with E-state index in [0.29, 0.717) is 0 Å². The Balaban J connectivity index is 0.000000980. The largest absolute Gasteiger partial charge is 0.497 e. The van der Waals surface area contributed by atoms with Gasteiger partial charge in [0.1, 0.15) is 11.5 Å². The molecule has 1 atom stereocenters. The lowest BCUT2D eigenvalue weighted by molar-refractivity contribution is -0.199. The van der Waals surface area contributed by atoms with E-state index in [-0.39, 0.29) is 11.3 Å². The van der Waals surface area contributed by atoms with Gasteiger partial charge in [-0.25, -0.2) is 8.60 Å². The van der Waals surface area contributed by atoms with Gasteiger partial charge in [-0.15, -0.1) is 0 Å². The van der Waals surface area contributed by atoms with Gasteiger partial charge in [0, 0.05) is 27.4 Å². The van der Waals surface area contributed by atoms with E-state index in [9.17, 15) is 18.0 Å². The molecule has 12 heteroatoms. The fraction of sp³-hybridized carbons (Fsp3) is 0.300. The topological polar surface area (TPSA) is 52.6 Å². The van der Waals surface area contributed by atoms with Crippen molar-refractivity contribution in [3.63, 3.8) is 0 Å². The molecule has 0 aliphatic carbocycles. The molecule has 0 N–H and O–H groups in total. The molecule has 0 amide bonds. The molecule has 0 heterocycles. The average Bonchev–Trinajstić information content (AvgIpc) is 2.36. The van der Waals surface area contributed by atoms with Crippen molar-refractivity contribution in [3.05, 3.63) is 23.8 Å². The number of rotatable bonds is 5. The maximum Gasteiger partial charge on any atom is 0.444 e. The molecule has 0 saturated heterocycles. The third-order valence-corrected chi connectivity index (χ3v) is 2.36. The Labute approximate surface area is 144 Å². The summed E-state index contributed by atoms with van der Waals surface area (Å²) in [6.45, 7) is 0. The Morgan fingerprint density at radius 3 is 2.23 bits per heavy atom. The van der Waals surface area contributed by atoms with Crippen LogP contribution in [0, 0.1) is 0 Å². The van der Waals surface area contributed by atoms with Crippen molar-refractivity contribution in [3.8, 4) is 11.5 Å². The highest BCUT2D eigenvalue weighted by molar-refractivity contribution is 8.26. The van der Waals surface area contributed by atoms with Crippen molar-refractivity contribution >= 4 is 59.0 Å². The van der Waals surface area contributed by atoms with Gasteiger partial charge < -0.3 is 9.47 Å². The van der Waals surface area contributed by atoms with Crippen LogP contribution < -0.4 is 9.47 Å². The SMILES string of the molecule is COc1ccc(C(=O)Cl)c(OC(F)(F)C(F)Cl)c1.O=S(Cl)Cl. The highest BCUT2D eigenvalue weighted by Crippen LogP contribution is 2.33. The smallest absolute Gasteiger partial charge is 0.444 e. The van der Waals surface area contributed by atoms with Crippen LogP contribution in [-0.4, -0.2) is 28.3 Å². The van der Waals surface area contributed by atoms with Crippen molar-refractivity contribution in [2.45, 2.75) is 11.7 Å². The molecule has 0 saturated carbocycles. The van der Waals surface area contributed by atoms with E-state index < -0.39 is 32.0 Å². The zero-order chi connectivity index (χ0) is 17.5. The van der Waals surface area contributed by atoms with Crippen LogP contribution in [0.25, 0.3) is 0 Å². The first-order valence-electron chi connectivity index (χ1n) is 4.98. The molecule has 22 heavy (non-hydrogen) atoms. The molecule has 1 rings (SSSR count). The molecule has 0 fully saturated rings. The van der Waals surface area contributed by atoms with E-state index in [1.54, 1.807) is 0 Å². The van der Waals surface area contributed by atoms with E-state index >= 15 is 0 Å². The first-order valence-corrected chi connectivity index (χ1v) is 8.60. The molecule has 0 aliphatic rings. The van der Waals surface area contributed by atoms with Crippen LogP contribution in [0.15, 0.2) is 18.2 Å². The Bertz CT molecular complexity index is 541. The number of methoxy groups -OCH3 is 1. The lowest BCUT2D eigenvalue weighted by Gasteiger charge is -2.19. The van der Waals surface area contributed by atoms with Gasteiger partial charge in [-0.3, -0.25) is 4.79 Å². The van der Waals surface area contributed by atoms with Gasteiger partial charge in [-0.1, -0.05) is 11.6 Å². The molecule has 1 unspecified atom stereocenters. The quantitative estimate of drug-likeness (QED) is 0.514. The highest BCUT2D eigenvalue weighted by atomic mass is 36.0. The van der Waals surface area contributed by atoms with Gasteiger partial charge in [0.25, 0.3) is 10.9 Å². The minimum atomic E-state index is -4.30. The van der Waals surface area contributed by atoms with Gasteiger partial charge in [0.05, 0.1) is 12.7 Å². The van der Waals surface area contributed by atoms with Crippen LogP contribution >= 0.6 is 44.6 Å². The van der Waals surface area contributed by atoms with Crippen LogP contribution in [0.5, 0.6) is 11.5 Å². The molecular formula is C10H7Cl4F3O4S. The normalized spacial score (nSPS) is 12.2. The second-order valence-electron chi connectivity index (χ2n) is 3.28. The van der Waals surface area contributed by atoms with Crippen molar-refractivity contribution in [2.75, 3.05) is 7.11 Å². The molecule has 1 aromatic carbocycles. The monoisotopic (exact) mass is 420 g/mol. The number of carbonyl (C=O) groups excluding carboxylic acids is 1. The number of ether oxygens (including phenoxy) is 2. The number of alkyl halides is 4. The van der Waals surface area contributed by atoms with Gasteiger partial charge in [-0.05, 0) is 23.7 Å². The third kappa shape index (κ3) is 7.73. The zero-order valence-corrected chi connectivity index (χ0v) is 14.3. The number of halogens is 7. The molecule has 0 spiro atoms. The summed E-state index contributed by atoms with van der Waals surface area (Å²) in [6, 6.07) is 3.40. The van der Waals surface area contributed by atoms with E-state index in [2.05, 4.69) is 37.7 Å². The van der Waals surface area contributed by atoms with Crippen molar-refractivity contribution in [2.24, 2.45) is 0 Å². The van der Waals surface area contributed by atoms with Gasteiger partial charge in [-0.2, -0.15) is 8.78 Å². The molecule has 0 bridgehead atoms. The third-order valence-electron chi connectivity index (χ3n) is 1.90. The maximum atomic E-state index is 13.0. The van der Waals surface area contributed by atoms with Gasteiger partial charge in [0.2, 0.25) is 9.23 Å². The molecule has 126 valence electrons. The minimum Gasteiger partial charge on any atom is -0.497 e. The highest BCUT2D eigenvalue weighted by Gasteiger charge is 2.42. The molecular weight excluding hydrogens is 415 g/mol. The van der Waals surface area contributed by atoms with E-state index in [4.69, 9.17) is 20.5 Å². The molecule has 0 radical (unpaired) electrons. The Morgan fingerprint density at radius 2 is 1.86 bits per heavy atom. The van der Waals surface area contributed by atoms with Crippen molar-refractivity contribution < 1.29 is 31.6 Å². The summed E-state index contributed by atoms with van der Waals surface area (Å²) >= 11 is 9.82. The van der Waals surface area contributed by atoms with Crippen LogP contribution in [0.4, 0.5) is 13.2 Å². The molecule has 0 aromatic heterocycles. The fourth-order valence-corrected chi connectivity index (χ4v) is 1.27. The van der Waals surface area contributed by atoms with Crippen LogP contribution in [-0.2, 0) is 9.23 Å². The van der Waals surface area contributed by atoms with Gasteiger partial charge >= 0.3 is 6.11 Å². The number of hydrogen-bond acceptors (Lipinski definition) is 4. The first-order chi connectivity index (χ1) is 10.0. The van der Waals surface area contributed by atoms with Crippen LogP contribution in [0.2, 0.25) is 0 Å². The Morgan fingerprint density at radius 1 is 1.36 bits per heavy atom. The Hall–Kier alpha value is -0.410. The predicted molar refractivity (Wildman–Crippen MR) is 79.3 cm³/mol. The summed E-state index contributed by atoms with van der Waals surface area (Å²) in [5.74, 6) is -0.491. The summed E-state index contributed by atoms with van der Waals surface area (Å²) in [6.07, 6.45) is -4.30. The first kappa shape index (κ1) is 21.6. The lowest BCUT2D eigenvalue weighted by atomic mass is 10.2. The fourth-order valence-electron chi connectivity index (χ4n) is 1.07. The summed E-state index contributed by atoms with van der Waals surface area (Å²) < 4.78 is 56.3. The molecule has 4 nitrogen and oxygen atoms in total. The van der Waals surface area contributed by atoms with Crippen LogP contribution in [0.3, 0.4) is 0 Å². The summed E-state index contributed by atoms with van der Waals surface area (Å²) in [5, 5.41) is -1.03. The second-order valence-corrected chi connectivity index (χ2v) is 6.54. The second kappa shape index (κ2) is 9.67. The minimum absolute atomic E-state index is 0.132. The Kier molecular flexibility index (Phi) is 9.49. The number of carbonyl (C=O) groups is 1. The van der Waals surface area contributed by atoms with Crippen molar-refractivity contribution in [1.82, 2.24) is 0 Å². The van der Waals surface area contributed by atoms with Crippen LogP contribution in [0.1, 0.15) is 10.4 Å². The average molecular weight is 422 g/mol. The van der Waals surface area contributed by atoms with E-state index in [1.807, 2.05) is 0 Å². The van der Waals surface area contributed by atoms with E-state index in [1.165, 1.54) is 13.2 Å². The number of benzene rings is 1. The lowest BCUT2D eigenvalue weighted by Crippen LogP contribution is -2.33.